The number of hydrogen-bond donors (Lipinski definition) is 0. The van der Waals surface area contributed by atoms with Gasteiger partial charge in [-0.15, -0.1) is 0 Å². The van der Waals surface area contributed by atoms with Gasteiger partial charge in [-0.2, -0.15) is 0 Å². The maximum absolute atomic E-state index is 12.7. The molecule has 0 radical (unpaired) electrons. The van der Waals surface area contributed by atoms with E-state index in [0.717, 1.165) is 11.4 Å². The quantitative estimate of drug-likeness (QED) is 0.546. The van der Waals surface area contributed by atoms with Gasteiger partial charge in [0, 0.05) is 31.9 Å². The van der Waals surface area contributed by atoms with E-state index < -0.39 is 22.5 Å². The summed E-state index contributed by atoms with van der Waals surface area (Å²) in [6.45, 7) is 1.69. The fraction of sp³-hybridized carbons (Fsp3) is 0.300. The van der Waals surface area contributed by atoms with E-state index in [1.165, 1.54) is 12.1 Å². The van der Waals surface area contributed by atoms with Crippen molar-refractivity contribution < 1.29 is 35.2 Å². The average molecular weight is 451 g/mol. The molecule has 10 heteroatoms. The highest BCUT2D eigenvalue weighted by molar-refractivity contribution is 7.90. The van der Waals surface area contributed by atoms with E-state index in [2.05, 4.69) is 4.90 Å². The topological polar surface area (TPSA) is 87.2 Å². The van der Waals surface area contributed by atoms with Crippen LogP contribution in [0.15, 0.2) is 53.4 Å². The molecule has 4 rings (SSSR count). The van der Waals surface area contributed by atoms with Crippen LogP contribution in [0.1, 0.15) is 10.4 Å². The summed E-state index contributed by atoms with van der Waals surface area (Å²) in [6, 6.07) is 13.7. The van der Waals surface area contributed by atoms with Gasteiger partial charge in [0.05, 0.1) is 12.7 Å². The van der Waals surface area contributed by atoms with E-state index in [-0.39, 0.29) is 28.8 Å². The van der Waals surface area contributed by atoms with Gasteiger partial charge in [-0.1, -0.05) is 12.1 Å². The largest absolute Gasteiger partial charge is 1.00 e. The van der Waals surface area contributed by atoms with Gasteiger partial charge in [0.15, 0.2) is 0 Å². The SMILES string of the molecule is COc1ccc(N2CCN(C(=O)CN3C(=O)c4ccccc4S3(=O)=O)CC2)cc1.[Cl-]. The van der Waals surface area contributed by atoms with Crippen molar-refractivity contribution in [3.05, 3.63) is 54.1 Å². The number of carbonyl (C=O) groups excluding carboxylic acids is 2. The first-order valence-electron chi connectivity index (χ1n) is 9.24. The number of rotatable bonds is 4. The number of piperazine rings is 1. The number of anilines is 1. The summed E-state index contributed by atoms with van der Waals surface area (Å²) in [5, 5.41) is 0. The Hall–Kier alpha value is -2.78. The fourth-order valence-electron chi connectivity index (χ4n) is 3.62. The molecule has 0 aromatic heterocycles. The number of nitrogens with zero attached hydrogens (tertiary/aromatic N) is 3. The fourth-order valence-corrected chi connectivity index (χ4v) is 5.14. The Bertz CT molecular complexity index is 1050. The van der Waals surface area contributed by atoms with Crippen LogP contribution in [0.5, 0.6) is 5.75 Å². The minimum Gasteiger partial charge on any atom is -1.00 e. The van der Waals surface area contributed by atoms with Gasteiger partial charge in [-0.05, 0) is 36.4 Å². The number of carbonyl (C=O) groups is 2. The minimum atomic E-state index is -3.98. The van der Waals surface area contributed by atoms with Gasteiger partial charge in [0.2, 0.25) is 5.91 Å². The molecule has 8 nitrogen and oxygen atoms in total. The molecule has 30 heavy (non-hydrogen) atoms. The molecule has 0 spiro atoms. The first-order valence-corrected chi connectivity index (χ1v) is 10.7. The second-order valence-corrected chi connectivity index (χ2v) is 8.71. The van der Waals surface area contributed by atoms with Crippen LogP contribution in [0, 0.1) is 0 Å². The summed E-state index contributed by atoms with van der Waals surface area (Å²) in [7, 11) is -2.36. The van der Waals surface area contributed by atoms with Crippen LogP contribution in [0.2, 0.25) is 0 Å². The monoisotopic (exact) mass is 450 g/mol. The molecule has 2 amide bonds. The molecule has 2 aliphatic rings. The Morgan fingerprint density at radius 2 is 1.63 bits per heavy atom. The first-order chi connectivity index (χ1) is 13.9. The van der Waals surface area contributed by atoms with Gasteiger partial charge in [0.25, 0.3) is 15.9 Å². The van der Waals surface area contributed by atoms with Gasteiger partial charge in [0.1, 0.15) is 17.2 Å². The Morgan fingerprint density at radius 1 is 1.00 bits per heavy atom. The predicted molar refractivity (Wildman–Crippen MR) is 106 cm³/mol. The smallest absolute Gasteiger partial charge is 0.269 e. The second-order valence-electron chi connectivity index (χ2n) is 6.88. The van der Waals surface area contributed by atoms with Crippen LogP contribution in [-0.2, 0) is 14.8 Å². The zero-order valence-electron chi connectivity index (χ0n) is 16.3. The molecule has 0 bridgehead atoms. The number of benzene rings is 2. The number of hydrogen-bond acceptors (Lipinski definition) is 6. The third kappa shape index (κ3) is 3.82. The number of amides is 2. The zero-order chi connectivity index (χ0) is 20.6. The lowest BCUT2D eigenvalue weighted by molar-refractivity contribution is -0.131. The molecule has 160 valence electrons. The number of halogens is 1. The molecule has 2 heterocycles. The van der Waals surface area contributed by atoms with Crippen molar-refractivity contribution >= 4 is 27.5 Å². The number of sulfonamides is 1. The maximum atomic E-state index is 12.7. The molecule has 2 aromatic rings. The third-order valence-corrected chi connectivity index (χ3v) is 7.05. The standard InChI is InChI=1S/C20H21N3O5S.ClH/c1-28-16-8-6-15(7-9-16)21-10-12-22(13-11-21)19(24)14-23-20(25)17-4-2-3-5-18(17)29(23,26)27;/h2-9H,10-14H2,1H3;1H/p-1. The highest BCUT2D eigenvalue weighted by Gasteiger charge is 2.42. The maximum Gasteiger partial charge on any atom is 0.269 e. The molecule has 0 N–H and O–H groups in total. The van der Waals surface area contributed by atoms with E-state index in [1.54, 1.807) is 24.1 Å². The van der Waals surface area contributed by atoms with Crippen molar-refractivity contribution in [3.8, 4) is 5.75 Å². The lowest BCUT2D eigenvalue weighted by atomic mass is 10.2. The molecule has 0 unspecified atom stereocenters. The molecular weight excluding hydrogens is 430 g/mol. The molecule has 1 fully saturated rings. The van der Waals surface area contributed by atoms with E-state index in [0.29, 0.717) is 30.5 Å². The van der Waals surface area contributed by atoms with E-state index in [1.807, 2.05) is 24.3 Å². The van der Waals surface area contributed by atoms with Crippen molar-refractivity contribution in [2.75, 3.05) is 44.7 Å². The van der Waals surface area contributed by atoms with Crippen molar-refractivity contribution in [1.29, 1.82) is 0 Å². The third-order valence-electron chi connectivity index (χ3n) is 5.26. The first kappa shape index (κ1) is 21.9. The van der Waals surface area contributed by atoms with Crippen LogP contribution >= 0.6 is 0 Å². The van der Waals surface area contributed by atoms with Crippen molar-refractivity contribution in [2.45, 2.75) is 4.90 Å². The van der Waals surface area contributed by atoms with Crippen molar-refractivity contribution in [1.82, 2.24) is 9.21 Å². The van der Waals surface area contributed by atoms with Crippen LogP contribution in [0.4, 0.5) is 5.69 Å². The minimum absolute atomic E-state index is 0. The Balaban J connectivity index is 0.00000256. The number of methoxy groups -OCH3 is 1. The predicted octanol–water partition coefficient (Wildman–Crippen LogP) is -1.81. The van der Waals surface area contributed by atoms with E-state index >= 15 is 0 Å². The average Bonchev–Trinajstić information content (AvgIpc) is 2.95. The lowest BCUT2D eigenvalue weighted by Crippen LogP contribution is -3.00. The molecular formula is C20H21ClN3O5S-. The lowest BCUT2D eigenvalue weighted by Gasteiger charge is -2.36. The summed E-state index contributed by atoms with van der Waals surface area (Å²) in [5.74, 6) is -0.241. The van der Waals surface area contributed by atoms with Gasteiger partial charge in [-0.25, -0.2) is 12.7 Å². The normalized spacial score (nSPS) is 17.4. The second kappa shape index (κ2) is 8.53. The van der Waals surface area contributed by atoms with Crippen molar-refractivity contribution in [2.24, 2.45) is 0 Å². The highest BCUT2D eigenvalue weighted by atomic mass is 35.5. The highest BCUT2D eigenvalue weighted by Crippen LogP contribution is 2.30. The van der Waals surface area contributed by atoms with Gasteiger partial charge < -0.3 is 26.9 Å². The molecule has 2 aromatic carbocycles. The van der Waals surface area contributed by atoms with Gasteiger partial charge in [-0.3, -0.25) is 9.59 Å². The Labute approximate surface area is 181 Å². The van der Waals surface area contributed by atoms with E-state index in [9.17, 15) is 18.0 Å². The van der Waals surface area contributed by atoms with E-state index in [4.69, 9.17) is 4.74 Å². The summed E-state index contributed by atoms with van der Waals surface area (Å²) >= 11 is 0. The summed E-state index contributed by atoms with van der Waals surface area (Å²) in [4.78, 5) is 28.9. The molecule has 0 atom stereocenters. The Kier molecular flexibility index (Phi) is 6.23. The molecule has 1 saturated heterocycles. The van der Waals surface area contributed by atoms with Crippen LogP contribution < -0.4 is 22.0 Å². The number of ether oxygens (including phenoxy) is 1. The molecule has 2 aliphatic heterocycles. The summed E-state index contributed by atoms with van der Waals surface area (Å²) in [5.41, 5.74) is 1.15. The summed E-state index contributed by atoms with van der Waals surface area (Å²) in [6.07, 6.45) is 0. The summed E-state index contributed by atoms with van der Waals surface area (Å²) < 4.78 is 31.1. The zero-order valence-corrected chi connectivity index (χ0v) is 17.9. The van der Waals surface area contributed by atoms with Crippen LogP contribution in [0.3, 0.4) is 0 Å². The Morgan fingerprint density at radius 3 is 2.23 bits per heavy atom. The van der Waals surface area contributed by atoms with Crippen LogP contribution in [0.25, 0.3) is 0 Å². The van der Waals surface area contributed by atoms with Crippen LogP contribution in [-0.4, -0.2) is 69.3 Å². The van der Waals surface area contributed by atoms with Gasteiger partial charge >= 0.3 is 0 Å². The molecule has 0 saturated carbocycles. The van der Waals surface area contributed by atoms with Crippen molar-refractivity contribution in [3.63, 3.8) is 0 Å². The molecule has 0 aliphatic carbocycles. The number of fused-ring (bicyclic) bond motifs is 1.